The SMILES string of the molecule is CC(C)[Si](OCC(CO[Si](C(C)C)(C(C)C)C(C)C)O[Si](C(C)C)(C(C)C)C(C)C)(C(C)C)C(C)C. The molecule has 0 saturated heterocycles. The average Bonchev–Trinajstić information content (AvgIpc) is 2.69. The van der Waals surface area contributed by atoms with Crippen molar-refractivity contribution in [1.29, 1.82) is 0 Å². The Bertz CT molecular complexity index is 511. The molecule has 0 saturated carbocycles. The molecule has 3 nitrogen and oxygen atoms in total. The summed E-state index contributed by atoms with van der Waals surface area (Å²) in [5.74, 6) is 0. The van der Waals surface area contributed by atoms with Crippen LogP contribution in [-0.2, 0) is 13.3 Å². The highest BCUT2D eigenvalue weighted by Crippen LogP contribution is 2.46. The Morgan fingerprint density at radius 2 is 0.528 bits per heavy atom. The monoisotopic (exact) mass is 560 g/mol. The first-order chi connectivity index (χ1) is 16.3. The first-order valence-corrected chi connectivity index (χ1v) is 21.7. The third kappa shape index (κ3) is 7.59. The van der Waals surface area contributed by atoms with Gasteiger partial charge in [0.15, 0.2) is 16.6 Å². The minimum Gasteiger partial charge on any atom is -0.413 e. The third-order valence-corrected chi connectivity index (χ3v) is 27.8. The third-order valence-electron chi connectivity index (χ3n) is 9.53. The first kappa shape index (κ1) is 36.5. The summed E-state index contributed by atoms with van der Waals surface area (Å²) in [4.78, 5) is 0. The molecule has 0 rings (SSSR count). The molecule has 0 unspecified atom stereocenters. The van der Waals surface area contributed by atoms with E-state index in [1.807, 2.05) is 0 Å². The van der Waals surface area contributed by atoms with Gasteiger partial charge in [0.25, 0.3) is 0 Å². The Labute approximate surface area is 231 Å². The largest absolute Gasteiger partial charge is 0.413 e. The molecule has 0 aliphatic rings. The van der Waals surface area contributed by atoms with Crippen LogP contribution in [0.5, 0.6) is 0 Å². The van der Waals surface area contributed by atoms with Gasteiger partial charge >= 0.3 is 0 Å². The Balaban J connectivity index is 6.50. The molecule has 6 heteroatoms. The van der Waals surface area contributed by atoms with Crippen molar-refractivity contribution < 1.29 is 13.3 Å². The summed E-state index contributed by atoms with van der Waals surface area (Å²) in [6.45, 7) is 44.2. The Morgan fingerprint density at radius 3 is 0.694 bits per heavy atom. The van der Waals surface area contributed by atoms with Crippen LogP contribution in [0.15, 0.2) is 0 Å². The zero-order valence-corrected chi connectivity index (χ0v) is 30.9. The molecule has 0 aromatic carbocycles. The molecule has 36 heavy (non-hydrogen) atoms. The lowest BCUT2D eigenvalue weighted by atomic mass is 10.4. The quantitative estimate of drug-likeness (QED) is 0.166. The Kier molecular flexibility index (Phi) is 15.0. The van der Waals surface area contributed by atoms with Crippen LogP contribution in [0.1, 0.15) is 125 Å². The second-order valence-corrected chi connectivity index (χ2v) is 30.6. The van der Waals surface area contributed by atoms with Crippen LogP contribution in [0, 0.1) is 0 Å². The fourth-order valence-corrected chi connectivity index (χ4v) is 24.8. The van der Waals surface area contributed by atoms with Crippen LogP contribution in [0.2, 0.25) is 49.9 Å². The zero-order valence-electron chi connectivity index (χ0n) is 27.9. The molecule has 0 bridgehead atoms. The topological polar surface area (TPSA) is 27.7 Å². The van der Waals surface area contributed by atoms with Gasteiger partial charge in [-0.3, -0.25) is 0 Å². The molecular formula is C30H68O3Si3. The molecule has 0 N–H and O–H groups in total. The molecule has 0 spiro atoms. The maximum Gasteiger partial charge on any atom is 0.201 e. The van der Waals surface area contributed by atoms with Gasteiger partial charge in [0.05, 0.1) is 19.3 Å². The molecular weight excluding hydrogens is 493 g/mol. The zero-order chi connectivity index (χ0) is 28.8. The smallest absolute Gasteiger partial charge is 0.201 e. The van der Waals surface area contributed by atoms with Crippen molar-refractivity contribution in [3.05, 3.63) is 0 Å². The predicted molar refractivity (Wildman–Crippen MR) is 170 cm³/mol. The van der Waals surface area contributed by atoms with E-state index in [0.717, 1.165) is 0 Å². The molecule has 0 aliphatic heterocycles. The van der Waals surface area contributed by atoms with Crippen LogP contribution < -0.4 is 0 Å². The lowest BCUT2D eigenvalue weighted by Gasteiger charge is -2.48. The standard InChI is InChI=1S/C30H68O3Si3/c1-21(2)34(22(3)4,23(5)6)31-19-30(33-36(27(13)14,28(15)16)29(17)18)20-32-35(24(7)8,25(9)10)26(11)12/h21-30H,19-20H2,1-18H3. The normalized spacial score (nSPS) is 14.7. The van der Waals surface area contributed by atoms with Gasteiger partial charge < -0.3 is 13.3 Å². The van der Waals surface area contributed by atoms with Gasteiger partial charge in [-0.2, -0.15) is 0 Å². The van der Waals surface area contributed by atoms with E-state index in [4.69, 9.17) is 13.3 Å². The van der Waals surface area contributed by atoms with E-state index in [-0.39, 0.29) is 6.10 Å². The van der Waals surface area contributed by atoms with Gasteiger partial charge in [-0.1, -0.05) is 125 Å². The second-order valence-electron chi connectivity index (χ2n) is 14.3. The van der Waals surface area contributed by atoms with Crippen molar-refractivity contribution in [2.24, 2.45) is 0 Å². The van der Waals surface area contributed by atoms with E-state index in [9.17, 15) is 0 Å². The lowest BCUT2D eigenvalue weighted by Crippen LogP contribution is -2.56. The highest BCUT2D eigenvalue weighted by Gasteiger charge is 2.50. The number of hydrogen-bond donors (Lipinski definition) is 0. The van der Waals surface area contributed by atoms with E-state index < -0.39 is 25.0 Å². The minimum atomic E-state index is -2.08. The summed E-state index contributed by atoms with van der Waals surface area (Å²) in [6, 6.07) is 0. The number of hydrogen-bond acceptors (Lipinski definition) is 3. The van der Waals surface area contributed by atoms with Crippen molar-refractivity contribution in [1.82, 2.24) is 0 Å². The van der Waals surface area contributed by atoms with Gasteiger partial charge in [0.1, 0.15) is 0 Å². The van der Waals surface area contributed by atoms with Crippen LogP contribution in [0.3, 0.4) is 0 Å². The average molecular weight is 561 g/mol. The van der Waals surface area contributed by atoms with Gasteiger partial charge in [0, 0.05) is 0 Å². The summed E-state index contributed by atoms with van der Waals surface area (Å²) >= 11 is 0. The highest BCUT2D eigenvalue weighted by molar-refractivity contribution is 6.78. The molecule has 0 heterocycles. The molecule has 0 fully saturated rings. The molecule has 0 aromatic heterocycles. The summed E-state index contributed by atoms with van der Waals surface area (Å²) in [5, 5.41) is 0. The maximum atomic E-state index is 7.43. The van der Waals surface area contributed by atoms with Crippen molar-refractivity contribution in [2.75, 3.05) is 13.2 Å². The molecule has 0 aliphatic carbocycles. The maximum absolute atomic E-state index is 7.43. The predicted octanol–water partition coefficient (Wildman–Crippen LogP) is 10.9. The van der Waals surface area contributed by atoms with E-state index in [0.29, 0.717) is 63.1 Å². The van der Waals surface area contributed by atoms with Gasteiger partial charge in [0.2, 0.25) is 8.32 Å². The second kappa shape index (κ2) is 14.8. The van der Waals surface area contributed by atoms with Crippen LogP contribution in [0.4, 0.5) is 0 Å². The fraction of sp³-hybridized carbons (Fsp3) is 1.00. The first-order valence-electron chi connectivity index (χ1n) is 15.2. The minimum absolute atomic E-state index is 0.00452. The van der Waals surface area contributed by atoms with Crippen molar-refractivity contribution in [3.63, 3.8) is 0 Å². The molecule has 0 amide bonds. The van der Waals surface area contributed by atoms with Crippen LogP contribution in [-0.4, -0.2) is 44.3 Å². The van der Waals surface area contributed by atoms with Crippen LogP contribution >= 0.6 is 0 Å². The van der Waals surface area contributed by atoms with Crippen molar-refractivity contribution >= 4 is 25.0 Å². The highest BCUT2D eigenvalue weighted by atomic mass is 28.4. The molecule has 218 valence electrons. The van der Waals surface area contributed by atoms with Gasteiger partial charge in [-0.15, -0.1) is 0 Å². The molecule has 0 radical (unpaired) electrons. The van der Waals surface area contributed by atoms with Crippen molar-refractivity contribution in [3.8, 4) is 0 Å². The Hall–Kier alpha value is 0.531. The number of rotatable bonds is 17. The van der Waals surface area contributed by atoms with Crippen molar-refractivity contribution in [2.45, 2.75) is 181 Å². The van der Waals surface area contributed by atoms with E-state index in [1.165, 1.54) is 0 Å². The fourth-order valence-electron chi connectivity index (χ4n) is 8.29. The van der Waals surface area contributed by atoms with Gasteiger partial charge in [-0.25, -0.2) is 0 Å². The van der Waals surface area contributed by atoms with E-state index >= 15 is 0 Å². The molecule has 0 atom stereocenters. The van der Waals surface area contributed by atoms with E-state index in [2.05, 4.69) is 125 Å². The van der Waals surface area contributed by atoms with E-state index in [1.54, 1.807) is 0 Å². The lowest BCUT2D eigenvalue weighted by molar-refractivity contribution is 0.0544. The Morgan fingerprint density at radius 1 is 0.333 bits per heavy atom. The summed E-state index contributed by atoms with van der Waals surface area (Å²) in [6.07, 6.45) is -0.00452. The summed E-state index contributed by atoms with van der Waals surface area (Å²) in [7, 11) is -6.07. The summed E-state index contributed by atoms with van der Waals surface area (Å²) < 4.78 is 21.8. The van der Waals surface area contributed by atoms with Crippen LogP contribution in [0.25, 0.3) is 0 Å². The molecule has 0 aromatic rings. The van der Waals surface area contributed by atoms with Gasteiger partial charge in [-0.05, 0) is 49.9 Å². The summed E-state index contributed by atoms with van der Waals surface area (Å²) in [5.41, 5.74) is 5.04.